The average Bonchev–Trinajstić information content (AvgIpc) is 3.81. The number of hydrogen-bond acceptors (Lipinski definition) is 5. The monoisotopic (exact) mass is 693 g/mol. The lowest BCUT2D eigenvalue weighted by atomic mass is 9.97. The summed E-state index contributed by atoms with van der Waals surface area (Å²) in [7, 11) is 0. The van der Waals surface area contributed by atoms with Crippen LogP contribution in [0.4, 0.5) is 0 Å². The topological polar surface area (TPSA) is 63.0 Å². The number of para-hydroxylation sites is 2. The molecule has 0 aliphatic carbocycles. The van der Waals surface area contributed by atoms with Gasteiger partial charge in [-0.25, -0.2) is 9.98 Å². The van der Waals surface area contributed by atoms with Crippen LogP contribution >= 0.6 is 0 Å². The van der Waals surface area contributed by atoms with Crippen LogP contribution in [-0.4, -0.2) is 11.7 Å². The van der Waals surface area contributed by atoms with Crippen LogP contribution in [0.15, 0.2) is 195 Å². The third kappa shape index (κ3) is 5.01. The molecule has 3 heterocycles. The lowest BCUT2D eigenvalue weighted by Crippen LogP contribution is -2.33. The Bertz CT molecular complexity index is 3130. The van der Waals surface area contributed by atoms with E-state index in [2.05, 4.69) is 139 Å². The first-order valence-corrected chi connectivity index (χ1v) is 18.2. The van der Waals surface area contributed by atoms with Crippen LogP contribution in [0.5, 0.6) is 0 Å². The molecule has 5 heteroatoms. The SMILES string of the molecule is c1ccc(-c2cc(C3=NC(c4ccc5c(c4)oc4ccccc45)NC(c4ccc(-c5cccc6ccccc56)cc4)=N3)c3c(c2)oc2ccccc23)cc1. The van der Waals surface area contributed by atoms with E-state index in [1.807, 2.05) is 42.5 Å². The lowest BCUT2D eigenvalue weighted by molar-refractivity contribution is 0.655. The van der Waals surface area contributed by atoms with E-state index in [1.54, 1.807) is 0 Å². The molecule has 1 aliphatic rings. The molecule has 0 bridgehead atoms. The predicted molar refractivity (Wildman–Crippen MR) is 221 cm³/mol. The van der Waals surface area contributed by atoms with E-state index in [4.69, 9.17) is 18.8 Å². The molecule has 11 rings (SSSR count). The number of aliphatic imine (C=N–C) groups is 2. The first kappa shape index (κ1) is 30.4. The van der Waals surface area contributed by atoms with Gasteiger partial charge in [0.1, 0.15) is 34.3 Å². The van der Waals surface area contributed by atoms with Gasteiger partial charge in [-0.1, -0.05) is 146 Å². The van der Waals surface area contributed by atoms with Crippen molar-refractivity contribution in [1.29, 1.82) is 0 Å². The molecule has 8 aromatic carbocycles. The Morgan fingerprint density at radius 1 is 0.426 bits per heavy atom. The fourth-order valence-corrected chi connectivity index (χ4v) is 7.91. The van der Waals surface area contributed by atoms with E-state index in [9.17, 15) is 0 Å². The molecule has 5 nitrogen and oxygen atoms in total. The highest BCUT2D eigenvalue weighted by Gasteiger charge is 2.25. The van der Waals surface area contributed by atoms with Crippen LogP contribution < -0.4 is 5.32 Å². The molecule has 0 amide bonds. The minimum atomic E-state index is -0.434. The summed E-state index contributed by atoms with van der Waals surface area (Å²) in [6.07, 6.45) is -0.434. The second-order valence-electron chi connectivity index (χ2n) is 13.8. The van der Waals surface area contributed by atoms with Crippen molar-refractivity contribution in [3.05, 3.63) is 193 Å². The normalized spacial score (nSPS) is 14.5. The van der Waals surface area contributed by atoms with Crippen molar-refractivity contribution in [1.82, 2.24) is 5.32 Å². The molecule has 0 saturated carbocycles. The van der Waals surface area contributed by atoms with Crippen LogP contribution in [0, 0.1) is 0 Å². The standard InChI is InChI=1S/C49H31N3O2/c1-2-11-30(12-3-1)35-27-41(46-40-17-7-9-20-43(40)54-45(46)29-35)49-51-47(33-23-21-32(22-24-33)37-18-10-14-31-13-4-5-15-36(31)37)50-48(52-49)34-25-26-39-38-16-6-8-19-42(38)53-44(39)28-34/h1-29,48H,(H,50,51,52). The van der Waals surface area contributed by atoms with Crippen molar-refractivity contribution >= 4 is 66.3 Å². The molecule has 1 aliphatic heterocycles. The summed E-state index contributed by atoms with van der Waals surface area (Å²) in [5.74, 6) is 1.37. The van der Waals surface area contributed by atoms with Crippen molar-refractivity contribution < 1.29 is 8.83 Å². The molecule has 1 atom stereocenters. The second-order valence-corrected chi connectivity index (χ2v) is 13.8. The minimum Gasteiger partial charge on any atom is -0.456 e. The second kappa shape index (κ2) is 12.2. The fraction of sp³-hybridized carbons (Fsp3) is 0.0204. The molecule has 0 fully saturated rings. The molecule has 2 aromatic heterocycles. The summed E-state index contributed by atoms with van der Waals surface area (Å²) in [5.41, 5.74) is 10.7. The van der Waals surface area contributed by atoms with Crippen LogP contribution in [0.3, 0.4) is 0 Å². The molecule has 54 heavy (non-hydrogen) atoms. The lowest BCUT2D eigenvalue weighted by Gasteiger charge is -2.24. The molecule has 0 spiro atoms. The van der Waals surface area contributed by atoms with Crippen molar-refractivity contribution in [2.75, 3.05) is 0 Å². The quantitative estimate of drug-likeness (QED) is 0.195. The molecule has 10 aromatic rings. The van der Waals surface area contributed by atoms with Crippen molar-refractivity contribution in [2.45, 2.75) is 6.17 Å². The van der Waals surface area contributed by atoms with Crippen LogP contribution in [0.2, 0.25) is 0 Å². The van der Waals surface area contributed by atoms with Gasteiger partial charge in [0, 0.05) is 38.2 Å². The fourth-order valence-electron chi connectivity index (χ4n) is 7.91. The van der Waals surface area contributed by atoms with Gasteiger partial charge in [-0.15, -0.1) is 0 Å². The van der Waals surface area contributed by atoms with E-state index in [-0.39, 0.29) is 0 Å². The maximum absolute atomic E-state index is 6.50. The number of nitrogens with zero attached hydrogens (tertiary/aromatic N) is 2. The van der Waals surface area contributed by atoms with Crippen LogP contribution in [0.25, 0.3) is 76.9 Å². The van der Waals surface area contributed by atoms with Gasteiger partial charge in [-0.05, 0) is 63.4 Å². The maximum atomic E-state index is 6.50. The number of rotatable bonds is 5. The zero-order chi connectivity index (χ0) is 35.6. The Morgan fingerprint density at radius 3 is 1.94 bits per heavy atom. The van der Waals surface area contributed by atoms with Gasteiger partial charge in [0.2, 0.25) is 0 Å². The van der Waals surface area contributed by atoms with Gasteiger partial charge in [-0.2, -0.15) is 0 Å². The highest BCUT2D eigenvalue weighted by Crippen LogP contribution is 2.38. The number of fused-ring (bicyclic) bond motifs is 7. The summed E-state index contributed by atoms with van der Waals surface area (Å²) >= 11 is 0. The Balaban J connectivity index is 1.10. The Kier molecular flexibility index (Phi) is 6.85. The average molecular weight is 694 g/mol. The first-order valence-electron chi connectivity index (χ1n) is 18.2. The highest BCUT2D eigenvalue weighted by molar-refractivity contribution is 6.22. The van der Waals surface area contributed by atoms with E-state index < -0.39 is 6.17 Å². The molecular weight excluding hydrogens is 663 g/mol. The summed E-state index contributed by atoms with van der Waals surface area (Å²) in [6.45, 7) is 0. The number of hydrogen-bond donors (Lipinski definition) is 1. The van der Waals surface area contributed by atoms with Gasteiger partial charge in [-0.3, -0.25) is 0 Å². The number of benzene rings is 8. The number of amidine groups is 2. The Labute approximate surface area is 310 Å². The number of nitrogens with one attached hydrogen (secondary N) is 1. The van der Waals surface area contributed by atoms with E-state index >= 15 is 0 Å². The maximum Gasteiger partial charge on any atom is 0.160 e. The van der Waals surface area contributed by atoms with E-state index in [0.29, 0.717) is 5.84 Å². The van der Waals surface area contributed by atoms with Crippen LogP contribution in [-0.2, 0) is 0 Å². The molecular formula is C49H31N3O2. The van der Waals surface area contributed by atoms with Crippen molar-refractivity contribution in [3.63, 3.8) is 0 Å². The zero-order valence-corrected chi connectivity index (χ0v) is 29.0. The smallest absolute Gasteiger partial charge is 0.160 e. The molecule has 0 radical (unpaired) electrons. The molecule has 1 N–H and O–H groups in total. The third-order valence-electron chi connectivity index (χ3n) is 10.5. The molecule has 254 valence electrons. The van der Waals surface area contributed by atoms with Gasteiger partial charge >= 0.3 is 0 Å². The molecule has 1 unspecified atom stereocenters. The third-order valence-corrected chi connectivity index (χ3v) is 10.5. The van der Waals surface area contributed by atoms with E-state index in [1.165, 1.54) is 16.3 Å². The van der Waals surface area contributed by atoms with Gasteiger partial charge in [0.25, 0.3) is 0 Å². The van der Waals surface area contributed by atoms with Gasteiger partial charge in [0.15, 0.2) is 5.84 Å². The minimum absolute atomic E-state index is 0.434. The Hall–Kier alpha value is -7.24. The van der Waals surface area contributed by atoms with Crippen molar-refractivity contribution in [2.24, 2.45) is 9.98 Å². The Morgan fingerprint density at radius 2 is 1.09 bits per heavy atom. The van der Waals surface area contributed by atoms with E-state index in [0.717, 1.165) is 83.1 Å². The number of furan rings is 2. The summed E-state index contributed by atoms with van der Waals surface area (Å²) < 4.78 is 12.8. The summed E-state index contributed by atoms with van der Waals surface area (Å²) in [4.78, 5) is 10.7. The zero-order valence-electron chi connectivity index (χ0n) is 29.0. The highest BCUT2D eigenvalue weighted by atomic mass is 16.3. The summed E-state index contributed by atoms with van der Waals surface area (Å²) in [5, 5.41) is 10.3. The van der Waals surface area contributed by atoms with Gasteiger partial charge < -0.3 is 14.2 Å². The van der Waals surface area contributed by atoms with Gasteiger partial charge in [0.05, 0.1) is 0 Å². The van der Waals surface area contributed by atoms with Crippen LogP contribution in [0.1, 0.15) is 22.9 Å². The first-order chi connectivity index (χ1) is 26.7. The predicted octanol–water partition coefficient (Wildman–Crippen LogP) is 12.5. The largest absolute Gasteiger partial charge is 0.456 e. The van der Waals surface area contributed by atoms with Crippen molar-refractivity contribution in [3.8, 4) is 22.3 Å². The summed E-state index contributed by atoms with van der Waals surface area (Å²) in [6, 6.07) is 61.1. The molecule has 0 saturated heterocycles.